The van der Waals surface area contributed by atoms with Gasteiger partial charge in [0, 0.05) is 24.5 Å². The fraction of sp³-hybridized carbons (Fsp3) is 0.636. The number of hydrogen-bond acceptors (Lipinski definition) is 3. The summed E-state index contributed by atoms with van der Waals surface area (Å²) >= 11 is 0. The quantitative estimate of drug-likeness (QED) is 0.849. The molecule has 0 aromatic heterocycles. The van der Waals surface area contributed by atoms with Crippen LogP contribution in [0.4, 0.5) is 4.79 Å². The standard InChI is InChI=1S/C22H32N2O3/c1-14(2)15-6-8-16(9-7-15)17-10-19(11-17)24(4)20(25)18-12-22(3,13-18)23-21(26)27-5/h6-9,14,17-19H,10-13H2,1-5H3,(H,23,26). The van der Waals surface area contributed by atoms with E-state index in [-0.39, 0.29) is 17.4 Å². The highest BCUT2D eigenvalue weighted by Crippen LogP contribution is 2.43. The molecule has 27 heavy (non-hydrogen) atoms. The molecule has 2 saturated carbocycles. The van der Waals surface area contributed by atoms with E-state index in [2.05, 4.69) is 48.2 Å². The van der Waals surface area contributed by atoms with Crippen molar-refractivity contribution in [3.05, 3.63) is 35.4 Å². The molecule has 1 aromatic carbocycles. The molecule has 5 heteroatoms. The zero-order valence-electron chi connectivity index (χ0n) is 17.1. The van der Waals surface area contributed by atoms with E-state index in [9.17, 15) is 9.59 Å². The van der Waals surface area contributed by atoms with E-state index >= 15 is 0 Å². The number of rotatable bonds is 5. The Morgan fingerprint density at radius 2 is 1.78 bits per heavy atom. The van der Waals surface area contributed by atoms with Crippen LogP contribution in [0.1, 0.15) is 69.4 Å². The number of hydrogen-bond donors (Lipinski definition) is 1. The Bertz CT molecular complexity index is 686. The van der Waals surface area contributed by atoms with Crippen molar-refractivity contribution in [1.82, 2.24) is 10.2 Å². The molecule has 148 valence electrons. The minimum absolute atomic E-state index is 0.00142. The molecule has 0 aliphatic heterocycles. The SMILES string of the molecule is COC(=O)NC1(C)CC(C(=O)N(C)C2CC(c3ccc(C(C)C)cc3)C2)C1. The van der Waals surface area contributed by atoms with Gasteiger partial charge in [-0.1, -0.05) is 38.1 Å². The molecular weight excluding hydrogens is 340 g/mol. The Morgan fingerprint density at radius 1 is 1.19 bits per heavy atom. The van der Waals surface area contributed by atoms with Gasteiger partial charge in [-0.15, -0.1) is 0 Å². The Labute approximate surface area is 162 Å². The number of amides is 2. The average molecular weight is 373 g/mol. The van der Waals surface area contributed by atoms with Crippen molar-refractivity contribution in [3.63, 3.8) is 0 Å². The third kappa shape index (κ3) is 4.12. The molecule has 5 nitrogen and oxygen atoms in total. The van der Waals surface area contributed by atoms with E-state index in [1.54, 1.807) is 0 Å². The summed E-state index contributed by atoms with van der Waals surface area (Å²) in [5.41, 5.74) is 2.43. The van der Waals surface area contributed by atoms with Crippen LogP contribution in [0.3, 0.4) is 0 Å². The maximum absolute atomic E-state index is 12.7. The van der Waals surface area contributed by atoms with Crippen LogP contribution in [-0.4, -0.2) is 42.6 Å². The summed E-state index contributed by atoms with van der Waals surface area (Å²) in [6.07, 6.45) is 3.00. The summed E-state index contributed by atoms with van der Waals surface area (Å²) in [5, 5.41) is 2.83. The van der Waals surface area contributed by atoms with Crippen molar-refractivity contribution >= 4 is 12.0 Å². The van der Waals surface area contributed by atoms with Crippen molar-refractivity contribution in [1.29, 1.82) is 0 Å². The molecule has 2 aliphatic rings. The predicted molar refractivity (Wildman–Crippen MR) is 106 cm³/mol. The number of carbonyl (C=O) groups excluding carboxylic acids is 2. The first kappa shape index (κ1) is 19.7. The topological polar surface area (TPSA) is 58.6 Å². The Morgan fingerprint density at radius 3 is 2.30 bits per heavy atom. The molecule has 0 heterocycles. The van der Waals surface area contributed by atoms with Crippen molar-refractivity contribution in [3.8, 4) is 0 Å². The van der Waals surface area contributed by atoms with Gasteiger partial charge in [0.05, 0.1) is 7.11 Å². The average Bonchev–Trinajstić information content (AvgIpc) is 2.57. The molecule has 0 saturated heterocycles. The van der Waals surface area contributed by atoms with Gasteiger partial charge in [0.1, 0.15) is 0 Å². The van der Waals surface area contributed by atoms with Gasteiger partial charge in [0.2, 0.25) is 5.91 Å². The fourth-order valence-electron chi connectivity index (χ4n) is 4.40. The lowest BCUT2D eigenvalue weighted by Crippen LogP contribution is -2.59. The van der Waals surface area contributed by atoms with Crippen LogP contribution < -0.4 is 5.32 Å². The van der Waals surface area contributed by atoms with Crippen LogP contribution in [0.5, 0.6) is 0 Å². The minimum atomic E-state index is -0.429. The second kappa shape index (κ2) is 7.53. The molecule has 0 radical (unpaired) electrons. The lowest BCUT2D eigenvalue weighted by molar-refractivity contribution is -0.143. The van der Waals surface area contributed by atoms with Crippen molar-refractivity contribution in [2.75, 3.05) is 14.2 Å². The Hall–Kier alpha value is -2.04. The molecule has 1 N–H and O–H groups in total. The molecule has 2 amide bonds. The van der Waals surface area contributed by atoms with E-state index in [4.69, 9.17) is 0 Å². The van der Waals surface area contributed by atoms with Gasteiger partial charge < -0.3 is 15.0 Å². The number of ether oxygens (including phenoxy) is 1. The second-order valence-corrected chi connectivity index (χ2v) is 8.88. The summed E-state index contributed by atoms with van der Waals surface area (Å²) in [6.45, 7) is 6.39. The van der Waals surface area contributed by atoms with Crippen molar-refractivity contribution < 1.29 is 14.3 Å². The van der Waals surface area contributed by atoms with Gasteiger partial charge in [0.15, 0.2) is 0 Å². The van der Waals surface area contributed by atoms with E-state index in [1.807, 2.05) is 18.9 Å². The third-order valence-electron chi connectivity index (χ3n) is 6.42. The van der Waals surface area contributed by atoms with Crippen LogP contribution in [0.2, 0.25) is 0 Å². The highest BCUT2D eigenvalue weighted by atomic mass is 16.5. The molecule has 0 spiro atoms. The summed E-state index contributed by atoms with van der Waals surface area (Å²) < 4.78 is 4.66. The fourth-order valence-corrected chi connectivity index (χ4v) is 4.40. The molecule has 2 fully saturated rings. The van der Waals surface area contributed by atoms with Crippen molar-refractivity contribution in [2.45, 2.75) is 69.9 Å². The first-order chi connectivity index (χ1) is 12.7. The lowest BCUT2D eigenvalue weighted by atomic mass is 9.68. The molecular formula is C22H32N2O3. The maximum atomic E-state index is 12.7. The zero-order valence-corrected chi connectivity index (χ0v) is 17.1. The first-order valence-corrected chi connectivity index (χ1v) is 9.95. The van der Waals surface area contributed by atoms with Crippen LogP contribution in [-0.2, 0) is 9.53 Å². The van der Waals surface area contributed by atoms with Gasteiger partial charge in [0.25, 0.3) is 0 Å². The normalized spacial score (nSPS) is 29.5. The molecule has 1 aromatic rings. The zero-order chi connectivity index (χ0) is 19.8. The van der Waals surface area contributed by atoms with E-state index in [0.29, 0.717) is 30.7 Å². The third-order valence-corrected chi connectivity index (χ3v) is 6.42. The number of carbonyl (C=O) groups is 2. The van der Waals surface area contributed by atoms with Crippen LogP contribution in [0.25, 0.3) is 0 Å². The predicted octanol–water partition coefficient (Wildman–Crippen LogP) is 4.04. The van der Waals surface area contributed by atoms with E-state index in [1.165, 1.54) is 18.2 Å². The number of methoxy groups -OCH3 is 1. The smallest absolute Gasteiger partial charge is 0.407 e. The summed E-state index contributed by atoms with van der Waals surface area (Å²) in [6, 6.07) is 9.27. The Kier molecular flexibility index (Phi) is 5.50. The van der Waals surface area contributed by atoms with Crippen LogP contribution >= 0.6 is 0 Å². The molecule has 0 unspecified atom stereocenters. The molecule has 3 rings (SSSR count). The van der Waals surface area contributed by atoms with Gasteiger partial charge in [-0.3, -0.25) is 4.79 Å². The highest BCUT2D eigenvalue weighted by molar-refractivity contribution is 5.81. The number of nitrogens with zero attached hydrogens (tertiary/aromatic N) is 1. The monoisotopic (exact) mass is 372 g/mol. The number of nitrogens with one attached hydrogen (secondary N) is 1. The summed E-state index contributed by atoms with van der Waals surface area (Å²) in [4.78, 5) is 26.1. The van der Waals surface area contributed by atoms with Crippen molar-refractivity contribution in [2.24, 2.45) is 5.92 Å². The summed E-state index contributed by atoms with van der Waals surface area (Å²) in [7, 11) is 3.28. The first-order valence-electron chi connectivity index (χ1n) is 9.95. The largest absolute Gasteiger partial charge is 0.453 e. The van der Waals surface area contributed by atoms with E-state index < -0.39 is 6.09 Å². The molecule has 2 aliphatic carbocycles. The Balaban J connectivity index is 1.47. The van der Waals surface area contributed by atoms with Crippen LogP contribution in [0.15, 0.2) is 24.3 Å². The van der Waals surface area contributed by atoms with Gasteiger partial charge >= 0.3 is 6.09 Å². The molecule has 0 bridgehead atoms. The van der Waals surface area contributed by atoms with E-state index in [0.717, 1.165) is 12.8 Å². The lowest BCUT2D eigenvalue weighted by Gasteiger charge is -2.48. The number of benzene rings is 1. The van der Waals surface area contributed by atoms with Gasteiger partial charge in [-0.2, -0.15) is 0 Å². The minimum Gasteiger partial charge on any atom is -0.453 e. The number of alkyl carbamates (subject to hydrolysis) is 1. The van der Waals surface area contributed by atoms with Gasteiger partial charge in [-0.05, 0) is 55.6 Å². The maximum Gasteiger partial charge on any atom is 0.407 e. The molecule has 0 atom stereocenters. The van der Waals surface area contributed by atoms with Crippen LogP contribution in [0, 0.1) is 5.92 Å². The highest BCUT2D eigenvalue weighted by Gasteiger charge is 2.47. The second-order valence-electron chi connectivity index (χ2n) is 8.88. The van der Waals surface area contributed by atoms with Gasteiger partial charge in [-0.25, -0.2) is 4.79 Å². The summed E-state index contributed by atoms with van der Waals surface area (Å²) in [5.74, 6) is 1.32.